The molecule has 0 heterocycles. The van der Waals surface area contributed by atoms with E-state index in [2.05, 4.69) is 5.32 Å². The van der Waals surface area contributed by atoms with E-state index in [0.29, 0.717) is 12.0 Å². The molecule has 0 radical (unpaired) electrons. The number of carboxylic acid groups (broad SMARTS) is 1. The van der Waals surface area contributed by atoms with Gasteiger partial charge in [0.05, 0.1) is 0 Å². The summed E-state index contributed by atoms with van der Waals surface area (Å²) in [6.45, 7) is 1.69. The van der Waals surface area contributed by atoms with Crippen LogP contribution in [0, 0.1) is 5.82 Å². The van der Waals surface area contributed by atoms with Gasteiger partial charge in [-0.15, -0.1) is 0 Å². The van der Waals surface area contributed by atoms with E-state index < -0.39 is 17.9 Å². The maximum Gasteiger partial charge on any atom is 0.326 e. The van der Waals surface area contributed by atoms with Crippen LogP contribution in [0.2, 0.25) is 0 Å². The summed E-state index contributed by atoms with van der Waals surface area (Å²) in [5, 5.41) is 11.4. The van der Waals surface area contributed by atoms with Gasteiger partial charge in [-0.3, -0.25) is 4.79 Å². The fourth-order valence-corrected chi connectivity index (χ4v) is 2.06. The van der Waals surface area contributed by atoms with Crippen molar-refractivity contribution in [1.82, 2.24) is 5.32 Å². The highest BCUT2D eigenvalue weighted by Gasteiger charge is 2.18. The van der Waals surface area contributed by atoms with Crippen molar-refractivity contribution in [3.8, 4) is 11.1 Å². The van der Waals surface area contributed by atoms with E-state index in [0.717, 1.165) is 11.1 Å². The van der Waals surface area contributed by atoms with Crippen molar-refractivity contribution in [2.75, 3.05) is 0 Å². The molecule has 0 aliphatic rings. The van der Waals surface area contributed by atoms with Crippen LogP contribution in [0.3, 0.4) is 0 Å². The molecule has 0 aromatic heterocycles. The standard InChI is InChI=1S/C17H16FNO3/c1-2-15(17(21)22)19-16(20)13-5-3-4-12(10-13)11-6-8-14(18)9-7-11/h3-10,15H,2H2,1H3,(H,19,20)(H,21,22)/t15-/m0/s1. The molecule has 0 unspecified atom stereocenters. The minimum absolute atomic E-state index is 0.304. The summed E-state index contributed by atoms with van der Waals surface area (Å²) >= 11 is 0. The lowest BCUT2D eigenvalue weighted by molar-refractivity contribution is -0.139. The molecule has 2 N–H and O–H groups in total. The molecule has 4 nitrogen and oxygen atoms in total. The SMILES string of the molecule is CC[C@H](NC(=O)c1cccc(-c2ccc(F)cc2)c1)C(=O)O. The number of carboxylic acids is 1. The molecule has 114 valence electrons. The summed E-state index contributed by atoms with van der Waals surface area (Å²) in [7, 11) is 0. The fraction of sp³-hybridized carbons (Fsp3) is 0.176. The summed E-state index contributed by atoms with van der Waals surface area (Å²) in [6.07, 6.45) is 0.304. The molecule has 1 atom stereocenters. The molecule has 22 heavy (non-hydrogen) atoms. The Hall–Kier alpha value is -2.69. The molecule has 0 spiro atoms. The topological polar surface area (TPSA) is 66.4 Å². The molecule has 5 heteroatoms. The number of hydrogen-bond donors (Lipinski definition) is 2. The van der Waals surface area contributed by atoms with E-state index in [1.807, 2.05) is 0 Å². The van der Waals surface area contributed by atoms with Crippen molar-refractivity contribution in [2.24, 2.45) is 0 Å². The lowest BCUT2D eigenvalue weighted by Crippen LogP contribution is -2.40. The highest BCUT2D eigenvalue weighted by Crippen LogP contribution is 2.20. The average molecular weight is 301 g/mol. The lowest BCUT2D eigenvalue weighted by Gasteiger charge is -2.12. The minimum Gasteiger partial charge on any atom is -0.480 e. The molecule has 0 aliphatic carbocycles. The number of rotatable bonds is 5. The Bertz CT molecular complexity index is 683. The van der Waals surface area contributed by atoms with Crippen LogP contribution >= 0.6 is 0 Å². The lowest BCUT2D eigenvalue weighted by atomic mass is 10.0. The van der Waals surface area contributed by atoms with Gasteiger partial charge in [0.2, 0.25) is 0 Å². The van der Waals surface area contributed by atoms with Crippen LogP contribution in [0.4, 0.5) is 4.39 Å². The third kappa shape index (κ3) is 3.69. The summed E-state index contributed by atoms with van der Waals surface area (Å²) in [6, 6.07) is 11.8. The van der Waals surface area contributed by atoms with E-state index in [9.17, 15) is 14.0 Å². The van der Waals surface area contributed by atoms with Crippen molar-refractivity contribution < 1.29 is 19.1 Å². The molecule has 0 saturated heterocycles. The normalized spacial score (nSPS) is 11.7. The molecule has 0 fully saturated rings. The molecular weight excluding hydrogens is 285 g/mol. The number of halogens is 1. The van der Waals surface area contributed by atoms with Gasteiger partial charge < -0.3 is 10.4 Å². The van der Waals surface area contributed by atoms with Crippen molar-refractivity contribution >= 4 is 11.9 Å². The second-order valence-electron chi connectivity index (χ2n) is 4.86. The van der Waals surface area contributed by atoms with Crippen LogP contribution in [0.5, 0.6) is 0 Å². The second kappa shape index (κ2) is 6.85. The Morgan fingerprint density at radius 3 is 2.41 bits per heavy atom. The number of aliphatic carboxylic acids is 1. The zero-order valence-corrected chi connectivity index (χ0v) is 12.0. The summed E-state index contributed by atoms with van der Waals surface area (Å²) in [5.41, 5.74) is 1.90. The number of amides is 1. The van der Waals surface area contributed by atoms with E-state index >= 15 is 0 Å². The van der Waals surface area contributed by atoms with Crippen molar-refractivity contribution in [1.29, 1.82) is 0 Å². The van der Waals surface area contributed by atoms with Gasteiger partial charge in [-0.05, 0) is 41.8 Å². The summed E-state index contributed by atoms with van der Waals surface area (Å²) in [5.74, 6) is -1.84. The van der Waals surface area contributed by atoms with Crippen molar-refractivity contribution in [3.63, 3.8) is 0 Å². The van der Waals surface area contributed by atoms with Crippen LogP contribution in [-0.2, 0) is 4.79 Å². The maximum atomic E-state index is 12.9. The molecule has 2 aromatic rings. The smallest absolute Gasteiger partial charge is 0.326 e. The van der Waals surface area contributed by atoms with Crippen LogP contribution in [0.25, 0.3) is 11.1 Å². The molecule has 0 saturated carbocycles. The third-order valence-corrected chi connectivity index (χ3v) is 3.31. The molecule has 1 amide bonds. The second-order valence-corrected chi connectivity index (χ2v) is 4.86. The molecule has 2 rings (SSSR count). The van der Waals surface area contributed by atoms with Crippen LogP contribution in [-0.4, -0.2) is 23.0 Å². The van der Waals surface area contributed by atoms with Crippen LogP contribution < -0.4 is 5.32 Å². The zero-order valence-electron chi connectivity index (χ0n) is 12.0. The molecule has 2 aromatic carbocycles. The van der Waals surface area contributed by atoms with E-state index in [-0.39, 0.29) is 5.82 Å². The quantitative estimate of drug-likeness (QED) is 0.892. The monoisotopic (exact) mass is 301 g/mol. The predicted molar refractivity (Wildman–Crippen MR) is 81.0 cm³/mol. The van der Waals surface area contributed by atoms with Gasteiger partial charge in [0.15, 0.2) is 0 Å². The highest BCUT2D eigenvalue weighted by molar-refractivity contribution is 5.97. The van der Waals surface area contributed by atoms with Crippen molar-refractivity contribution in [3.05, 3.63) is 59.9 Å². The van der Waals surface area contributed by atoms with E-state index in [1.165, 1.54) is 12.1 Å². The largest absolute Gasteiger partial charge is 0.480 e. The van der Waals surface area contributed by atoms with Gasteiger partial charge in [-0.1, -0.05) is 31.2 Å². The Kier molecular flexibility index (Phi) is 4.88. The van der Waals surface area contributed by atoms with Gasteiger partial charge in [0.1, 0.15) is 11.9 Å². The summed E-state index contributed by atoms with van der Waals surface area (Å²) in [4.78, 5) is 23.1. The van der Waals surface area contributed by atoms with Gasteiger partial charge in [0, 0.05) is 5.56 Å². The van der Waals surface area contributed by atoms with Gasteiger partial charge in [-0.2, -0.15) is 0 Å². The van der Waals surface area contributed by atoms with Gasteiger partial charge in [-0.25, -0.2) is 9.18 Å². The number of hydrogen-bond acceptors (Lipinski definition) is 2. The Balaban J connectivity index is 2.22. The third-order valence-electron chi connectivity index (χ3n) is 3.31. The predicted octanol–water partition coefficient (Wildman–Crippen LogP) is 3.09. The summed E-state index contributed by atoms with van der Waals surface area (Å²) < 4.78 is 12.9. The number of carbonyl (C=O) groups excluding carboxylic acids is 1. The molecule has 0 bridgehead atoms. The Morgan fingerprint density at radius 2 is 1.82 bits per heavy atom. The van der Waals surface area contributed by atoms with Crippen LogP contribution in [0.15, 0.2) is 48.5 Å². The molecular formula is C17H16FNO3. The Labute approximate surface area is 127 Å². The van der Waals surface area contributed by atoms with Crippen molar-refractivity contribution in [2.45, 2.75) is 19.4 Å². The average Bonchev–Trinajstić information content (AvgIpc) is 2.53. The van der Waals surface area contributed by atoms with E-state index in [1.54, 1.807) is 43.3 Å². The van der Waals surface area contributed by atoms with Gasteiger partial charge >= 0.3 is 5.97 Å². The number of carbonyl (C=O) groups is 2. The minimum atomic E-state index is -1.06. The first kappa shape index (κ1) is 15.7. The molecule has 0 aliphatic heterocycles. The maximum absolute atomic E-state index is 12.9. The zero-order chi connectivity index (χ0) is 16.1. The fourth-order valence-electron chi connectivity index (χ4n) is 2.06. The van der Waals surface area contributed by atoms with Gasteiger partial charge in [0.25, 0.3) is 5.91 Å². The first-order valence-corrected chi connectivity index (χ1v) is 6.91. The number of nitrogens with one attached hydrogen (secondary N) is 1. The van der Waals surface area contributed by atoms with E-state index in [4.69, 9.17) is 5.11 Å². The Morgan fingerprint density at radius 1 is 1.14 bits per heavy atom. The highest BCUT2D eigenvalue weighted by atomic mass is 19.1. The first-order chi connectivity index (χ1) is 10.5. The van der Waals surface area contributed by atoms with Crippen LogP contribution in [0.1, 0.15) is 23.7 Å². The first-order valence-electron chi connectivity index (χ1n) is 6.91. The number of benzene rings is 2.